The molecule has 31 heavy (non-hydrogen) atoms. The summed E-state index contributed by atoms with van der Waals surface area (Å²) in [7, 11) is 0. The van der Waals surface area contributed by atoms with Gasteiger partial charge in [0.15, 0.2) is 5.58 Å². The molecular formula is C22H15ClFN3O4. The third kappa shape index (κ3) is 3.44. The van der Waals surface area contributed by atoms with E-state index in [0.29, 0.717) is 52.9 Å². The van der Waals surface area contributed by atoms with Crippen molar-refractivity contribution < 1.29 is 23.4 Å². The highest BCUT2D eigenvalue weighted by Gasteiger charge is 2.24. The number of halogens is 2. The van der Waals surface area contributed by atoms with E-state index in [1.54, 1.807) is 29.2 Å². The summed E-state index contributed by atoms with van der Waals surface area (Å²) in [6.07, 6.45) is 2.05. The average molecular weight is 440 g/mol. The van der Waals surface area contributed by atoms with Crippen LogP contribution in [0.5, 0.6) is 5.75 Å². The van der Waals surface area contributed by atoms with Gasteiger partial charge in [-0.2, -0.15) is 0 Å². The highest BCUT2D eigenvalue weighted by atomic mass is 35.5. The largest absolute Gasteiger partial charge is 0.491 e. The summed E-state index contributed by atoms with van der Waals surface area (Å²) in [4.78, 5) is 22.6. The first kappa shape index (κ1) is 19.3. The van der Waals surface area contributed by atoms with Gasteiger partial charge in [-0.05, 0) is 36.8 Å². The van der Waals surface area contributed by atoms with Crippen LogP contribution in [0.15, 0.2) is 53.1 Å². The molecule has 1 N–H and O–H groups in total. The van der Waals surface area contributed by atoms with Crippen molar-refractivity contribution in [1.29, 1.82) is 0 Å². The number of rotatable bonds is 3. The molecule has 156 valence electrons. The van der Waals surface area contributed by atoms with Gasteiger partial charge in [-0.25, -0.2) is 19.2 Å². The van der Waals surface area contributed by atoms with Crippen LogP contribution in [-0.2, 0) is 0 Å². The number of para-hydroxylation sites is 1. The number of nitrogens with zero attached hydrogens (tertiary/aromatic N) is 3. The molecule has 2 aromatic carbocycles. The van der Waals surface area contributed by atoms with Crippen molar-refractivity contribution >= 4 is 40.2 Å². The summed E-state index contributed by atoms with van der Waals surface area (Å²) in [6, 6.07) is 10.8. The zero-order valence-electron chi connectivity index (χ0n) is 16.0. The first-order valence-corrected chi connectivity index (χ1v) is 9.88. The zero-order valence-corrected chi connectivity index (χ0v) is 16.8. The number of aromatic carboxylic acids is 1. The van der Waals surface area contributed by atoms with Crippen LogP contribution in [0.1, 0.15) is 16.8 Å². The normalized spacial score (nSPS) is 13.5. The van der Waals surface area contributed by atoms with Crippen LogP contribution in [0.2, 0.25) is 5.02 Å². The van der Waals surface area contributed by atoms with E-state index in [4.69, 9.17) is 20.8 Å². The number of anilines is 2. The van der Waals surface area contributed by atoms with Crippen LogP contribution < -0.4 is 9.64 Å². The van der Waals surface area contributed by atoms with Gasteiger partial charge in [-0.15, -0.1) is 0 Å². The van der Waals surface area contributed by atoms with Gasteiger partial charge in [0.25, 0.3) is 0 Å². The van der Waals surface area contributed by atoms with Crippen molar-refractivity contribution in [2.24, 2.45) is 0 Å². The Morgan fingerprint density at radius 3 is 2.90 bits per heavy atom. The summed E-state index contributed by atoms with van der Waals surface area (Å²) in [5, 5.41) is 10.2. The predicted molar refractivity (Wildman–Crippen MR) is 113 cm³/mol. The van der Waals surface area contributed by atoms with Crippen molar-refractivity contribution in [3.8, 4) is 17.2 Å². The Bertz CT molecular complexity index is 1320. The molecule has 7 nitrogen and oxygen atoms in total. The molecule has 0 atom stereocenters. The SMILES string of the molecule is O=C(O)c1cc(N2CCCOc3ccc(F)cc32)ncc1-c1nc2cccc(Cl)c2o1. The average Bonchev–Trinajstić information content (AvgIpc) is 3.09. The molecule has 4 aromatic rings. The van der Waals surface area contributed by atoms with E-state index in [0.717, 1.165) is 0 Å². The van der Waals surface area contributed by atoms with Crippen molar-refractivity contribution in [2.45, 2.75) is 6.42 Å². The smallest absolute Gasteiger partial charge is 0.336 e. The Hall–Kier alpha value is -3.65. The first-order valence-electron chi connectivity index (χ1n) is 9.50. The lowest BCUT2D eigenvalue weighted by Gasteiger charge is -2.23. The summed E-state index contributed by atoms with van der Waals surface area (Å²) in [5.41, 5.74) is 1.54. The van der Waals surface area contributed by atoms with Crippen LogP contribution in [0.3, 0.4) is 0 Å². The summed E-state index contributed by atoms with van der Waals surface area (Å²) in [5.74, 6) is -0.627. The molecule has 0 amide bonds. The number of aromatic nitrogens is 2. The fourth-order valence-corrected chi connectivity index (χ4v) is 3.76. The maximum atomic E-state index is 13.9. The van der Waals surface area contributed by atoms with Gasteiger partial charge < -0.3 is 19.2 Å². The number of oxazole rings is 1. The maximum Gasteiger partial charge on any atom is 0.336 e. The number of hydrogen-bond donors (Lipinski definition) is 1. The standard InChI is InChI=1S/C22H15ClFN3O4/c23-15-3-1-4-16-20(15)31-21(26-16)14-11-25-19(10-13(14)22(28)29)27-7-2-8-30-18-6-5-12(24)9-17(18)27/h1,3-6,9-11H,2,7-8H2,(H,28,29). The zero-order chi connectivity index (χ0) is 21.5. The van der Waals surface area contributed by atoms with Crippen molar-refractivity contribution in [1.82, 2.24) is 9.97 Å². The van der Waals surface area contributed by atoms with E-state index in [1.807, 2.05) is 0 Å². The predicted octanol–water partition coefficient (Wildman–Crippen LogP) is 5.30. The lowest BCUT2D eigenvalue weighted by molar-refractivity contribution is 0.0697. The third-order valence-corrected chi connectivity index (χ3v) is 5.29. The van der Waals surface area contributed by atoms with Crippen LogP contribution in [0.25, 0.3) is 22.6 Å². The van der Waals surface area contributed by atoms with Crippen molar-refractivity contribution in [3.63, 3.8) is 0 Å². The van der Waals surface area contributed by atoms with Gasteiger partial charge in [0, 0.05) is 18.8 Å². The molecule has 0 saturated heterocycles. The second kappa shape index (κ2) is 7.55. The van der Waals surface area contributed by atoms with Crippen molar-refractivity contribution in [3.05, 3.63) is 65.1 Å². The molecule has 0 fully saturated rings. The summed E-state index contributed by atoms with van der Waals surface area (Å²) < 4.78 is 25.3. The molecule has 1 aliphatic rings. The molecule has 5 rings (SSSR count). The highest BCUT2D eigenvalue weighted by molar-refractivity contribution is 6.34. The van der Waals surface area contributed by atoms with E-state index < -0.39 is 11.8 Å². The van der Waals surface area contributed by atoms with E-state index >= 15 is 0 Å². The van der Waals surface area contributed by atoms with Gasteiger partial charge in [-0.3, -0.25) is 0 Å². The summed E-state index contributed by atoms with van der Waals surface area (Å²) >= 11 is 6.15. The number of carbonyl (C=O) groups is 1. The highest BCUT2D eigenvalue weighted by Crippen LogP contribution is 2.37. The Morgan fingerprint density at radius 2 is 2.10 bits per heavy atom. The number of fused-ring (bicyclic) bond motifs is 2. The quantitative estimate of drug-likeness (QED) is 0.463. The van der Waals surface area contributed by atoms with Gasteiger partial charge >= 0.3 is 5.97 Å². The third-order valence-electron chi connectivity index (χ3n) is 4.99. The van der Waals surface area contributed by atoms with Gasteiger partial charge in [0.1, 0.15) is 22.9 Å². The van der Waals surface area contributed by atoms with Gasteiger partial charge in [0.05, 0.1) is 28.4 Å². The molecule has 0 aliphatic carbocycles. The molecule has 0 radical (unpaired) electrons. The van der Waals surface area contributed by atoms with E-state index in [-0.39, 0.29) is 17.0 Å². The molecular weight excluding hydrogens is 425 g/mol. The first-order chi connectivity index (χ1) is 15.0. The Labute approximate surface area is 180 Å². The number of carboxylic acids is 1. The molecule has 9 heteroatoms. The second-order valence-electron chi connectivity index (χ2n) is 6.97. The van der Waals surface area contributed by atoms with Crippen molar-refractivity contribution in [2.75, 3.05) is 18.1 Å². The van der Waals surface area contributed by atoms with Gasteiger partial charge in [-0.1, -0.05) is 17.7 Å². The molecule has 2 aromatic heterocycles. The number of hydrogen-bond acceptors (Lipinski definition) is 6. The Morgan fingerprint density at radius 1 is 1.23 bits per heavy atom. The van der Waals surface area contributed by atoms with Gasteiger partial charge in [0.2, 0.25) is 5.89 Å². The van der Waals surface area contributed by atoms with Crippen LogP contribution in [0.4, 0.5) is 15.9 Å². The fraction of sp³-hybridized carbons (Fsp3) is 0.136. The maximum absolute atomic E-state index is 13.9. The number of pyridine rings is 1. The van der Waals surface area contributed by atoms with E-state index in [1.165, 1.54) is 24.4 Å². The lowest BCUT2D eigenvalue weighted by Crippen LogP contribution is -2.20. The molecule has 0 bridgehead atoms. The molecule has 0 spiro atoms. The summed E-state index contributed by atoms with van der Waals surface area (Å²) in [6.45, 7) is 0.947. The van der Waals surface area contributed by atoms with Crippen LogP contribution in [-0.4, -0.2) is 34.2 Å². The van der Waals surface area contributed by atoms with Crippen LogP contribution in [0, 0.1) is 5.82 Å². The fourth-order valence-electron chi connectivity index (χ4n) is 3.56. The van der Waals surface area contributed by atoms with E-state index in [2.05, 4.69) is 9.97 Å². The topological polar surface area (TPSA) is 88.7 Å². The van der Waals surface area contributed by atoms with Crippen LogP contribution >= 0.6 is 11.6 Å². The molecule has 1 aliphatic heterocycles. The Kier molecular flexibility index (Phi) is 4.71. The second-order valence-corrected chi connectivity index (χ2v) is 7.37. The molecule has 0 unspecified atom stereocenters. The minimum absolute atomic E-state index is 0.0456. The molecule has 0 saturated carbocycles. The lowest BCUT2D eigenvalue weighted by atomic mass is 10.1. The molecule has 3 heterocycles. The number of ether oxygens (including phenoxy) is 1. The number of benzene rings is 2. The minimum Gasteiger partial charge on any atom is -0.491 e. The van der Waals surface area contributed by atoms with E-state index in [9.17, 15) is 14.3 Å². The Balaban J connectivity index is 1.63. The minimum atomic E-state index is -1.17. The monoisotopic (exact) mass is 439 g/mol. The number of carboxylic acid groups (broad SMARTS) is 1.